The number of aryl methyl sites for hydroxylation is 1. The van der Waals surface area contributed by atoms with Gasteiger partial charge in [-0.05, 0) is 36.8 Å². The Morgan fingerprint density at radius 3 is 2.42 bits per heavy atom. The fraction of sp³-hybridized carbons (Fsp3) is 0.217. The molecule has 2 aromatic heterocycles. The Morgan fingerprint density at radius 2 is 1.77 bits per heavy atom. The summed E-state index contributed by atoms with van der Waals surface area (Å²) < 4.78 is 1.43. The number of primary amides is 1. The molecular formula is C23H22N6O2. The Hall–Kier alpha value is -4.12. The number of piperazine rings is 1. The molecule has 1 fully saturated rings. The van der Waals surface area contributed by atoms with Crippen molar-refractivity contribution in [3.05, 3.63) is 75.7 Å². The average molecular weight is 414 g/mol. The largest absolute Gasteiger partial charge is 0.368 e. The Balaban J connectivity index is 1.79. The van der Waals surface area contributed by atoms with Gasteiger partial charge in [0.15, 0.2) is 0 Å². The number of amides is 1. The Labute approximate surface area is 179 Å². The molecule has 1 saturated heterocycles. The molecule has 0 bridgehead atoms. The number of anilines is 2. The number of pyridine rings is 1. The summed E-state index contributed by atoms with van der Waals surface area (Å²) in [6.45, 7) is 4.68. The van der Waals surface area contributed by atoms with Crippen LogP contribution in [0.5, 0.6) is 0 Å². The maximum atomic E-state index is 13.3. The van der Waals surface area contributed by atoms with Gasteiger partial charge in [-0.2, -0.15) is 5.26 Å². The molecule has 1 aliphatic heterocycles. The topological polar surface area (TPSA) is 108 Å². The van der Waals surface area contributed by atoms with E-state index >= 15 is 0 Å². The monoisotopic (exact) mass is 414 g/mol. The van der Waals surface area contributed by atoms with Crippen molar-refractivity contribution < 1.29 is 4.79 Å². The van der Waals surface area contributed by atoms with E-state index in [9.17, 15) is 14.9 Å². The molecule has 4 rings (SSSR count). The number of rotatable bonds is 4. The molecule has 1 aliphatic rings. The third-order valence-electron chi connectivity index (χ3n) is 5.44. The molecule has 3 heterocycles. The third kappa shape index (κ3) is 3.85. The van der Waals surface area contributed by atoms with E-state index in [1.165, 1.54) is 10.5 Å². The fourth-order valence-electron chi connectivity index (χ4n) is 3.79. The molecule has 0 saturated carbocycles. The van der Waals surface area contributed by atoms with Crippen LogP contribution >= 0.6 is 0 Å². The van der Waals surface area contributed by atoms with Gasteiger partial charge in [-0.3, -0.25) is 14.0 Å². The minimum absolute atomic E-state index is 0.187. The molecule has 0 radical (unpaired) electrons. The van der Waals surface area contributed by atoms with Gasteiger partial charge in [0.25, 0.3) is 11.5 Å². The summed E-state index contributed by atoms with van der Waals surface area (Å²) in [4.78, 5) is 34.0. The lowest BCUT2D eigenvalue weighted by Gasteiger charge is -2.37. The highest BCUT2D eigenvalue weighted by atomic mass is 16.1. The molecule has 0 aliphatic carbocycles. The number of carbonyl (C=O) groups excluding carboxylic acids is 1. The molecule has 156 valence electrons. The second kappa shape index (κ2) is 8.32. The first-order valence-electron chi connectivity index (χ1n) is 9.98. The van der Waals surface area contributed by atoms with E-state index in [2.05, 4.69) is 17.0 Å². The second-order valence-electron chi connectivity index (χ2n) is 7.38. The van der Waals surface area contributed by atoms with Gasteiger partial charge in [-0.25, -0.2) is 4.98 Å². The molecule has 2 N–H and O–H groups in total. The summed E-state index contributed by atoms with van der Waals surface area (Å²) in [6.07, 6.45) is 2.88. The predicted octanol–water partition coefficient (Wildman–Crippen LogP) is 1.72. The lowest BCUT2D eigenvalue weighted by molar-refractivity contribution is -0.114. The van der Waals surface area contributed by atoms with Crippen molar-refractivity contribution in [2.24, 2.45) is 5.73 Å². The van der Waals surface area contributed by atoms with Crippen LogP contribution in [-0.4, -0.2) is 41.5 Å². The highest BCUT2D eigenvalue weighted by Gasteiger charge is 2.23. The zero-order valence-electron chi connectivity index (χ0n) is 17.2. The molecular weight excluding hydrogens is 392 g/mol. The van der Waals surface area contributed by atoms with E-state index in [0.717, 1.165) is 24.3 Å². The normalized spacial score (nSPS) is 14.5. The Kier molecular flexibility index (Phi) is 5.41. The molecule has 1 aromatic carbocycles. The average Bonchev–Trinajstić information content (AvgIpc) is 2.79. The second-order valence-corrected chi connectivity index (χ2v) is 7.38. The number of nitrogens with two attached hydrogens (primary N) is 1. The summed E-state index contributed by atoms with van der Waals surface area (Å²) in [7, 11) is 0. The summed E-state index contributed by atoms with van der Waals surface area (Å²) in [6, 6.07) is 15.6. The van der Waals surface area contributed by atoms with Crippen LogP contribution in [0.3, 0.4) is 0 Å². The highest BCUT2D eigenvalue weighted by Crippen LogP contribution is 2.23. The first-order chi connectivity index (χ1) is 15.0. The van der Waals surface area contributed by atoms with E-state index < -0.39 is 5.91 Å². The zero-order chi connectivity index (χ0) is 22.0. The molecule has 3 aromatic rings. The third-order valence-corrected chi connectivity index (χ3v) is 5.44. The van der Waals surface area contributed by atoms with E-state index in [1.54, 1.807) is 18.3 Å². The highest BCUT2D eigenvalue weighted by molar-refractivity contribution is 6.01. The number of fused-ring (bicyclic) bond motifs is 1. The first-order valence-corrected chi connectivity index (χ1v) is 9.98. The predicted molar refractivity (Wildman–Crippen MR) is 120 cm³/mol. The smallest absolute Gasteiger partial charge is 0.267 e. The zero-order valence-corrected chi connectivity index (χ0v) is 17.2. The van der Waals surface area contributed by atoms with Gasteiger partial charge in [0, 0.05) is 38.1 Å². The Morgan fingerprint density at radius 1 is 1.10 bits per heavy atom. The number of hydrogen-bond donors (Lipinski definition) is 1. The van der Waals surface area contributed by atoms with Crippen LogP contribution in [0.15, 0.2) is 59.0 Å². The summed E-state index contributed by atoms with van der Waals surface area (Å²) >= 11 is 0. The minimum atomic E-state index is -0.879. The minimum Gasteiger partial charge on any atom is -0.368 e. The number of aromatic nitrogens is 2. The van der Waals surface area contributed by atoms with Gasteiger partial charge in [0.2, 0.25) is 0 Å². The van der Waals surface area contributed by atoms with Crippen molar-refractivity contribution in [3.8, 4) is 6.07 Å². The van der Waals surface area contributed by atoms with Crippen molar-refractivity contribution in [2.75, 3.05) is 36.0 Å². The number of nitriles is 1. The van der Waals surface area contributed by atoms with Gasteiger partial charge in [-0.1, -0.05) is 24.3 Å². The van der Waals surface area contributed by atoms with E-state index in [-0.39, 0.29) is 16.7 Å². The first kappa shape index (κ1) is 20.2. The van der Waals surface area contributed by atoms with Gasteiger partial charge in [-0.15, -0.1) is 0 Å². The number of hydrogen-bond acceptors (Lipinski definition) is 6. The van der Waals surface area contributed by atoms with Crippen LogP contribution in [-0.2, 0) is 4.79 Å². The van der Waals surface area contributed by atoms with E-state index in [0.29, 0.717) is 24.6 Å². The standard InChI is InChI=1S/C23H22N6O2/c1-16-6-5-9-29-21(16)26-22(19(23(29)31)14-17(15-24)20(25)30)28-12-10-27(11-13-28)18-7-3-2-4-8-18/h2-9,14H,10-13H2,1H3,(H2,25,30)/b17-14-. The number of para-hydroxylation sites is 1. The summed E-state index contributed by atoms with van der Waals surface area (Å²) in [5.41, 5.74) is 7.42. The lowest BCUT2D eigenvalue weighted by Crippen LogP contribution is -2.47. The van der Waals surface area contributed by atoms with Crippen molar-refractivity contribution in [1.82, 2.24) is 9.38 Å². The van der Waals surface area contributed by atoms with Crippen molar-refractivity contribution in [3.63, 3.8) is 0 Å². The molecule has 0 atom stereocenters. The van der Waals surface area contributed by atoms with Crippen molar-refractivity contribution >= 4 is 29.1 Å². The van der Waals surface area contributed by atoms with Crippen LogP contribution in [0, 0.1) is 18.3 Å². The quantitative estimate of drug-likeness (QED) is 0.515. The Bertz CT molecular complexity index is 1260. The SMILES string of the molecule is Cc1cccn2c(=O)c(/C=C(/C#N)C(N)=O)c(N3CCN(c4ccccc4)CC3)nc12. The molecule has 0 spiro atoms. The molecule has 31 heavy (non-hydrogen) atoms. The van der Waals surface area contributed by atoms with Crippen molar-refractivity contribution in [2.45, 2.75) is 6.92 Å². The molecule has 1 amide bonds. The van der Waals surface area contributed by atoms with Crippen molar-refractivity contribution in [1.29, 1.82) is 5.26 Å². The van der Waals surface area contributed by atoms with E-state index in [4.69, 9.17) is 10.7 Å². The molecule has 8 nitrogen and oxygen atoms in total. The number of carbonyl (C=O) groups is 1. The molecule has 8 heteroatoms. The lowest BCUT2D eigenvalue weighted by atomic mass is 10.1. The molecule has 0 unspecified atom stereocenters. The van der Waals surface area contributed by atoms with Crippen LogP contribution in [0.2, 0.25) is 0 Å². The summed E-state index contributed by atoms with van der Waals surface area (Å²) in [5.74, 6) is -0.419. The van der Waals surface area contributed by atoms with Gasteiger partial charge in [0.1, 0.15) is 23.1 Å². The van der Waals surface area contributed by atoms with Crippen LogP contribution < -0.4 is 21.1 Å². The maximum Gasteiger partial charge on any atom is 0.267 e. The van der Waals surface area contributed by atoms with Crippen LogP contribution in [0.1, 0.15) is 11.1 Å². The van der Waals surface area contributed by atoms with Crippen LogP contribution in [0.25, 0.3) is 11.7 Å². The number of nitrogens with zero attached hydrogens (tertiary/aromatic N) is 5. The van der Waals surface area contributed by atoms with Gasteiger partial charge >= 0.3 is 0 Å². The maximum absolute atomic E-state index is 13.3. The number of benzene rings is 1. The van der Waals surface area contributed by atoms with Gasteiger partial charge in [0.05, 0.1) is 5.56 Å². The van der Waals surface area contributed by atoms with Crippen LogP contribution in [0.4, 0.5) is 11.5 Å². The van der Waals surface area contributed by atoms with E-state index in [1.807, 2.05) is 36.1 Å². The van der Waals surface area contributed by atoms with Gasteiger partial charge < -0.3 is 15.5 Å². The fourth-order valence-corrected chi connectivity index (χ4v) is 3.79. The summed E-state index contributed by atoms with van der Waals surface area (Å²) in [5, 5.41) is 9.30.